The molecule has 0 fully saturated rings. The Bertz CT molecular complexity index is 1020. The molecule has 0 spiro atoms. The van der Waals surface area contributed by atoms with Crippen LogP contribution in [0.3, 0.4) is 0 Å². The summed E-state index contributed by atoms with van der Waals surface area (Å²) in [7, 11) is -3.98. The number of carbonyl (C=O) groups is 1. The van der Waals surface area contributed by atoms with E-state index in [4.69, 9.17) is 5.11 Å². The van der Waals surface area contributed by atoms with Crippen LogP contribution in [0.25, 0.3) is 10.6 Å². The number of sulfonamides is 1. The molecule has 0 saturated heterocycles. The van der Waals surface area contributed by atoms with Crippen LogP contribution >= 0.6 is 11.3 Å². The van der Waals surface area contributed by atoms with Crippen molar-refractivity contribution >= 4 is 33.1 Å². The molecule has 0 aliphatic carbocycles. The van der Waals surface area contributed by atoms with E-state index >= 15 is 0 Å². The van der Waals surface area contributed by atoms with Crippen LogP contribution in [-0.2, 0) is 10.0 Å². The van der Waals surface area contributed by atoms with E-state index in [0.717, 1.165) is 17.5 Å². The maximum atomic E-state index is 13.0. The zero-order valence-electron chi connectivity index (χ0n) is 12.4. The predicted molar refractivity (Wildman–Crippen MR) is 89.5 cm³/mol. The van der Waals surface area contributed by atoms with Gasteiger partial charge in [-0.1, -0.05) is 0 Å². The van der Waals surface area contributed by atoms with Gasteiger partial charge < -0.3 is 5.11 Å². The molecule has 128 valence electrons. The van der Waals surface area contributed by atoms with Gasteiger partial charge in [-0.25, -0.2) is 19.2 Å². The van der Waals surface area contributed by atoms with Crippen molar-refractivity contribution in [3.63, 3.8) is 0 Å². The average Bonchev–Trinajstić information content (AvgIpc) is 3.06. The van der Waals surface area contributed by atoms with Crippen LogP contribution in [0.5, 0.6) is 0 Å². The minimum Gasteiger partial charge on any atom is -0.478 e. The molecule has 3 aromatic rings. The van der Waals surface area contributed by atoms with Gasteiger partial charge in [0.15, 0.2) is 5.03 Å². The first kappa shape index (κ1) is 17.0. The van der Waals surface area contributed by atoms with Gasteiger partial charge in [-0.15, -0.1) is 11.3 Å². The van der Waals surface area contributed by atoms with Crippen LogP contribution in [-0.4, -0.2) is 29.5 Å². The molecule has 0 aliphatic heterocycles. The Hall–Kier alpha value is -2.85. The van der Waals surface area contributed by atoms with Crippen LogP contribution in [0.2, 0.25) is 0 Å². The Labute approximate surface area is 145 Å². The summed E-state index contributed by atoms with van der Waals surface area (Å²) in [5, 5.41) is 10.4. The molecule has 0 amide bonds. The van der Waals surface area contributed by atoms with Gasteiger partial charge in [-0.2, -0.15) is 8.42 Å². The first-order chi connectivity index (χ1) is 11.8. The summed E-state index contributed by atoms with van der Waals surface area (Å²) in [6.07, 6.45) is 1.05. The van der Waals surface area contributed by atoms with Gasteiger partial charge in [0, 0.05) is 17.1 Å². The van der Waals surface area contributed by atoms with Crippen molar-refractivity contribution in [3.8, 4) is 10.6 Å². The van der Waals surface area contributed by atoms with E-state index in [2.05, 4.69) is 14.7 Å². The van der Waals surface area contributed by atoms with Crippen molar-refractivity contribution < 1.29 is 22.7 Å². The van der Waals surface area contributed by atoms with Crippen molar-refractivity contribution in [1.82, 2.24) is 9.97 Å². The SMILES string of the molecule is O=C(O)c1ccc(NS(=O)(=O)c2csc(-c3ccc(F)cc3)n2)nc1. The average molecular weight is 379 g/mol. The molecule has 7 nitrogen and oxygen atoms in total. The quantitative estimate of drug-likeness (QED) is 0.705. The molecule has 1 aromatic carbocycles. The summed E-state index contributed by atoms with van der Waals surface area (Å²) in [5.74, 6) is -1.59. The lowest BCUT2D eigenvalue weighted by Gasteiger charge is -2.04. The maximum absolute atomic E-state index is 13.0. The molecule has 2 aromatic heterocycles. The van der Waals surface area contributed by atoms with Gasteiger partial charge in [-0.05, 0) is 36.4 Å². The summed E-state index contributed by atoms with van der Waals surface area (Å²) < 4.78 is 39.8. The molecule has 0 aliphatic rings. The van der Waals surface area contributed by atoms with Gasteiger partial charge in [0.2, 0.25) is 0 Å². The molecule has 2 N–H and O–H groups in total. The third kappa shape index (κ3) is 3.80. The fourth-order valence-electron chi connectivity index (χ4n) is 1.88. The Morgan fingerprint density at radius 1 is 1.16 bits per heavy atom. The molecule has 25 heavy (non-hydrogen) atoms. The Kier molecular flexibility index (Phi) is 4.47. The standard InChI is InChI=1S/C15H10FN3O4S2/c16-11-4-1-9(2-5-11)14-18-13(8-24-14)25(22,23)19-12-6-3-10(7-17-12)15(20)21/h1-8H,(H,17,19)(H,20,21). The number of benzene rings is 1. The third-order valence-electron chi connectivity index (χ3n) is 3.10. The highest BCUT2D eigenvalue weighted by Crippen LogP contribution is 2.26. The van der Waals surface area contributed by atoms with Gasteiger partial charge in [0.1, 0.15) is 16.6 Å². The Morgan fingerprint density at radius 3 is 2.48 bits per heavy atom. The minimum atomic E-state index is -3.98. The molecule has 3 rings (SSSR count). The Morgan fingerprint density at radius 2 is 1.88 bits per heavy atom. The van der Waals surface area contributed by atoms with E-state index in [0.29, 0.717) is 10.6 Å². The van der Waals surface area contributed by atoms with Crippen LogP contribution in [0, 0.1) is 5.82 Å². The highest BCUT2D eigenvalue weighted by atomic mass is 32.2. The number of anilines is 1. The van der Waals surface area contributed by atoms with Crippen LogP contribution < -0.4 is 4.72 Å². The van der Waals surface area contributed by atoms with Gasteiger partial charge >= 0.3 is 5.97 Å². The molecule has 0 atom stereocenters. The third-order valence-corrected chi connectivity index (χ3v) is 5.38. The summed E-state index contributed by atoms with van der Waals surface area (Å²) >= 11 is 1.10. The number of pyridine rings is 1. The van der Waals surface area contributed by atoms with Crippen LogP contribution in [0.1, 0.15) is 10.4 Å². The molecule has 10 heteroatoms. The van der Waals surface area contributed by atoms with E-state index in [1.165, 1.54) is 41.8 Å². The fraction of sp³-hybridized carbons (Fsp3) is 0. The normalized spacial score (nSPS) is 11.2. The van der Waals surface area contributed by atoms with Crippen molar-refractivity contribution in [1.29, 1.82) is 0 Å². The number of hydrogen-bond donors (Lipinski definition) is 2. The van der Waals surface area contributed by atoms with Gasteiger partial charge in [-0.3, -0.25) is 4.72 Å². The number of hydrogen-bond acceptors (Lipinski definition) is 6. The summed E-state index contributed by atoms with van der Waals surface area (Å²) in [4.78, 5) is 18.6. The van der Waals surface area contributed by atoms with Crippen LogP contribution in [0.15, 0.2) is 53.0 Å². The van der Waals surface area contributed by atoms with Crippen molar-refractivity contribution in [2.24, 2.45) is 0 Å². The summed E-state index contributed by atoms with van der Waals surface area (Å²) in [6, 6.07) is 8.01. The number of nitrogens with zero attached hydrogens (tertiary/aromatic N) is 2. The van der Waals surface area contributed by atoms with Gasteiger partial charge in [0.25, 0.3) is 10.0 Å². The molecule has 0 radical (unpaired) electrons. The number of carboxylic acids is 1. The van der Waals surface area contributed by atoms with Crippen molar-refractivity contribution in [2.75, 3.05) is 4.72 Å². The van der Waals surface area contributed by atoms with Crippen molar-refractivity contribution in [3.05, 3.63) is 59.4 Å². The second-order valence-electron chi connectivity index (χ2n) is 4.84. The molecule has 2 heterocycles. The lowest BCUT2D eigenvalue weighted by atomic mass is 10.2. The molecular formula is C15H10FN3O4S2. The Balaban J connectivity index is 1.83. The second-order valence-corrected chi connectivity index (χ2v) is 7.33. The predicted octanol–water partition coefficient (Wildman–Crippen LogP) is 2.84. The number of aromatic carboxylic acids is 1. The highest BCUT2D eigenvalue weighted by Gasteiger charge is 2.19. The van der Waals surface area contributed by atoms with Crippen molar-refractivity contribution in [2.45, 2.75) is 5.03 Å². The topological polar surface area (TPSA) is 109 Å². The smallest absolute Gasteiger partial charge is 0.337 e. The van der Waals surface area contributed by atoms with Gasteiger partial charge in [0.05, 0.1) is 5.56 Å². The number of nitrogens with one attached hydrogen (secondary N) is 1. The van der Waals surface area contributed by atoms with E-state index in [-0.39, 0.29) is 16.4 Å². The molecular weight excluding hydrogens is 369 g/mol. The zero-order valence-corrected chi connectivity index (χ0v) is 14.0. The van der Waals surface area contributed by atoms with E-state index < -0.39 is 21.8 Å². The highest BCUT2D eigenvalue weighted by molar-refractivity contribution is 7.92. The zero-order chi connectivity index (χ0) is 18.0. The lowest BCUT2D eigenvalue weighted by molar-refractivity contribution is 0.0696. The first-order valence-corrected chi connectivity index (χ1v) is 9.15. The van der Waals surface area contributed by atoms with E-state index in [1.807, 2.05) is 0 Å². The first-order valence-electron chi connectivity index (χ1n) is 6.79. The summed E-state index contributed by atoms with van der Waals surface area (Å²) in [6.45, 7) is 0. The fourth-order valence-corrected chi connectivity index (χ4v) is 3.99. The lowest BCUT2D eigenvalue weighted by Crippen LogP contribution is -2.14. The number of thiazole rings is 1. The van der Waals surface area contributed by atoms with Crippen LogP contribution in [0.4, 0.5) is 10.2 Å². The minimum absolute atomic E-state index is 0.0265. The van der Waals surface area contributed by atoms with E-state index in [9.17, 15) is 17.6 Å². The molecule has 0 unspecified atom stereocenters. The molecule has 0 saturated carbocycles. The number of carboxylic acid groups (broad SMARTS) is 1. The maximum Gasteiger partial charge on any atom is 0.337 e. The summed E-state index contributed by atoms with van der Waals surface area (Å²) in [5.41, 5.74) is 0.534. The van der Waals surface area contributed by atoms with E-state index in [1.54, 1.807) is 0 Å². The monoisotopic (exact) mass is 379 g/mol. The largest absolute Gasteiger partial charge is 0.478 e. The number of aromatic nitrogens is 2. The molecule has 0 bridgehead atoms. The number of halogens is 1. The second kappa shape index (κ2) is 6.57. The number of rotatable bonds is 5.